The van der Waals surface area contributed by atoms with Gasteiger partial charge in [-0.3, -0.25) is 9.59 Å². The molecule has 0 aromatic carbocycles. The largest absolute Gasteiger partial charge is 0.480 e. The Hall–Kier alpha value is -1.63. The van der Waals surface area contributed by atoms with Crippen LogP contribution in [0.4, 0.5) is 0 Å². The number of likely N-dealkylation sites (tertiary alicyclic amines) is 1. The van der Waals surface area contributed by atoms with Crippen LogP contribution in [0, 0.1) is 11.8 Å². The summed E-state index contributed by atoms with van der Waals surface area (Å²) in [6, 6.07) is -0.961. The number of rotatable bonds is 5. The summed E-state index contributed by atoms with van der Waals surface area (Å²) < 4.78 is 0. The number of amides is 2. The van der Waals surface area contributed by atoms with E-state index >= 15 is 0 Å². The number of nitrogens with zero attached hydrogens (tertiary/aromatic N) is 1. The molecular formula is C13H20N2O5. The van der Waals surface area contributed by atoms with Gasteiger partial charge in [-0.2, -0.15) is 0 Å². The maximum absolute atomic E-state index is 11.9. The van der Waals surface area contributed by atoms with Gasteiger partial charge in [-0.1, -0.05) is 6.92 Å². The molecule has 2 aliphatic rings. The first-order chi connectivity index (χ1) is 9.40. The van der Waals surface area contributed by atoms with Crippen molar-refractivity contribution in [2.45, 2.75) is 38.3 Å². The first-order valence-corrected chi connectivity index (χ1v) is 6.88. The Labute approximate surface area is 116 Å². The standard InChI is InChI=1S/C13H20N2O5/c1-7-4-9(7)12(18)14-3-2-11(17)15-6-8(16)5-10(15)13(19)20/h7-10,16H,2-6H2,1H3,(H,14,18)(H,19,20)/t7?,8-,9?,10-/m1/s1. The van der Waals surface area contributed by atoms with E-state index in [9.17, 15) is 19.5 Å². The Balaban J connectivity index is 1.76. The predicted octanol–water partition coefficient (Wildman–Crippen LogP) is -0.805. The minimum absolute atomic E-state index is 0.0402. The van der Waals surface area contributed by atoms with Crippen LogP contribution in [-0.4, -0.2) is 58.1 Å². The lowest BCUT2D eigenvalue weighted by atomic mass is 10.2. The molecule has 0 aromatic heterocycles. The molecule has 2 fully saturated rings. The van der Waals surface area contributed by atoms with Crippen LogP contribution in [0.5, 0.6) is 0 Å². The van der Waals surface area contributed by atoms with Gasteiger partial charge in [0.2, 0.25) is 11.8 Å². The molecule has 20 heavy (non-hydrogen) atoms. The van der Waals surface area contributed by atoms with Crippen molar-refractivity contribution in [3.8, 4) is 0 Å². The van der Waals surface area contributed by atoms with Crippen LogP contribution in [0.2, 0.25) is 0 Å². The van der Waals surface area contributed by atoms with E-state index in [4.69, 9.17) is 5.11 Å². The minimum atomic E-state index is -1.11. The normalized spacial score (nSPS) is 32.0. The highest BCUT2D eigenvalue weighted by atomic mass is 16.4. The summed E-state index contributed by atoms with van der Waals surface area (Å²) in [6.07, 6.45) is 0.220. The molecule has 7 nitrogen and oxygen atoms in total. The number of hydrogen-bond donors (Lipinski definition) is 3. The molecule has 1 aliphatic heterocycles. The number of carboxylic acids is 1. The van der Waals surface area contributed by atoms with Crippen LogP contribution < -0.4 is 5.32 Å². The second kappa shape index (κ2) is 5.78. The molecule has 0 radical (unpaired) electrons. The molecule has 0 bridgehead atoms. The van der Waals surface area contributed by atoms with Crippen molar-refractivity contribution in [1.29, 1.82) is 0 Å². The highest BCUT2D eigenvalue weighted by Crippen LogP contribution is 2.37. The summed E-state index contributed by atoms with van der Waals surface area (Å²) in [5.74, 6) is -1.02. The Morgan fingerprint density at radius 2 is 1.95 bits per heavy atom. The first-order valence-electron chi connectivity index (χ1n) is 6.88. The second-order valence-corrected chi connectivity index (χ2v) is 5.65. The number of aliphatic hydroxyl groups is 1. The van der Waals surface area contributed by atoms with E-state index < -0.39 is 18.1 Å². The third-order valence-electron chi connectivity index (χ3n) is 3.97. The van der Waals surface area contributed by atoms with Gasteiger partial charge < -0.3 is 20.4 Å². The van der Waals surface area contributed by atoms with E-state index in [-0.39, 0.29) is 43.7 Å². The molecule has 1 aliphatic carbocycles. The molecule has 2 unspecified atom stereocenters. The van der Waals surface area contributed by atoms with E-state index in [1.54, 1.807) is 0 Å². The Morgan fingerprint density at radius 1 is 1.30 bits per heavy atom. The SMILES string of the molecule is CC1CC1C(=O)NCCC(=O)N1C[C@H](O)C[C@@H]1C(=O)O. The van der Waals surface area contributed by atoms with E-state index in [0.717, 1.165) is 6.42 Å². The lowest BCUT2D eigenvalue weighted by Gasteiger charge is -2.21. The molecule has 0 aromatic rings. The molecule has 4 atom stereocenters. The monoisotopic (exact) mass is 284 g/mol. The Kier molecular flexibility index (Phi) is 4.27. The van der Waals surface area contributed by atoms with Gasteiger partial charge in [0.1, 0.15) is 6.04 Å². The third-order valence-corrected chi connectivity index (χ3v) is 3.97. The van der Waals surface area contributed by atoms with Crippen molar-refractivity contribution in [3.63, 3.8) is 0 Å². The average molecular weight is 284 g/mol. The van der Waals surface area contributed by atoms with Gasteiger partial charge in [-0.25, -0.2) is 4.79 Å². The topological polar surface area (TPSA) is 107 Å². The molecule has 7 heteroatoms. The molecule has 1 heterocycles. The summed E-state index contributed by atoms with van der Waals surface area (Å²) in [5, 5.41) is 21.2. The van der Waals surface area contributed by atoms with E-state index in [1.807, 2.05) is 6.92 Å². The van der Waals surface area contributed by atoms with E-state index in [2.05, 4.69) is 5.32 Å². The van der Waals surface area contributed by atoms with Gasteiger partial charge in [0, 0.05) is 31.8 Å². The summed E-state index contributed by atoms with van der Waals surface area (Å²) in [6.45, 7) is 2.25. The number of hydrogen-bond acceptors (Lipinski definition) is 4. The maximum Gasteiger partial charge on any atom is 0.326 e. The Bertz CT molecular complexity index is 425. The van der Waals surface area contributed by atoms with Crippen molar-refractivity contribution in [3.05, 3.63) is 0 Å². The molecule has 2 amide bonds. The predicted molar refractivity (Wildman–Crippen MR) is 68.7 cm³/mol. The quantitative estimate of drug-likeness (QED) is 0.612. The summed E-state index contributed by atoms with van der Waals surface area (Å²) in [4.78, 5) is 35.7. The summed E-state index contributed by atoms with van der Waals surface area (Å²) >= 11 is 0. The highest BCUT2D eigenvalue weighted by molar-refractivity contribution is 5.85. The van der Waals surface area contributed by atoms with Crippen LogP contribution in [0.25, 0.3) is 0 Å². The summed E-state index contributed by atoms with van der Waals surface area (Å²) in [7, 11) is 0. The maximum atomic E-state index is 11.9. The fourth-order valence-electron chi connectivity index (χ4n) is 2.58. The highest BCUT2D eigenvalue weighted by Gasteiger charge is 2.40. The van der Waals surface area contributed by atoms with Crippen molar-refractivity contribution in [2.75, 3.05) is 13.1 Å². The lowest BCUT2D eigenvalue weighted by molar-refractivity contribution is -0.148. The smallest absolute Gasteiger partial charge is 0.326 e. The Morgan fingerprint density at radius 3 is 2.50 bits per heavy atom. The zero-order valence-electron chi connectivity index (χ0n) is 11.4. The number of nitrogens with one attached hydrogen (secondary N) is 1. The number of β-amino-alcohol motifs (C(OH)–C–C–N with tert-alkyl or cyclic N) is 1. The van der Waals surface area contributed by atoms with Crippen LogP contribution in [0.15, 0.2) is 0 Å². The number of aliphatic hydroxyl groups excluding tert-OH is 1. The van der Waals surface area contributed by atoms with Gasteiger partial charge in [-0.15, -0.1) is 0 Å². The van der Waals surface area contributed by atoms with Crippen LogP contribution in [0.3, 0.4) is 0 Å². The van der Waals surface area contributed by atoms with Crippen LogP contribution >= 0.6 is 0 Å². The van der Waals surface area contributed by atoms with Crippen LogP contribution in [-0.2, 0) is 14.4 Å². The average Bonchev–Trinajstić information content (AvgIpc) is 2.96. The lowest BCUT2D eigenvalue weighted by Crippen LogP contribution is -2.42. The van der Waals surface area contributed by atoms with E-state index in [0.29, 0.717) is 5.92 Å². The van der Waals surface area contributed by atoms with Crippen LogP contribution in [0.1, 0.15) is 26.2 Å². The molecule has 1 saturated heterocycles. The van der Waals surface area contributed by atoms with Gasteiger partial charge in [0.15, 0.2) is 0 Å². The third kappa shape index (κ3) is 3.27. The van der Waals surface area contributed by atoms with E-state index in [1.165, 1.54) is 4.90 Å². The van der Waals surface area contributed by atoms with Gasteiger partial charge in [0.25, 0.3) is 0 Å². The first kappa shape index (κ1) is 14.8. The fourth-order valence-corrected chi connectivity index (χ4v) is 2.58. The van der Waals surface area contributed by atoms with Gasteiger partial charge in [-0.05, 0) is 12.3 Å². The molecule has 0 spiro atoms. The van der Waals surface area contributed by atoms with Gasteiger partial charge >= 0.3 is 5.97 Å². The van der Waals surface area contributed by atoms with Crippen molar-refractivity contribution < 1.29 is 24.6 Å². The second-order valence-electron chi connectivity index (χ2n) is 5.65. The molecule has 3 N–H and O–H groups in total. The minimum Gasteiger partial charge on any atom is -0.480 e. The number of carbonyl (C=O) groups is 3. The van der Waals surface area contributed by atoms with Crippen molar-refractivity contribution >= 4 is 17.8 Å². The molecule has 112 valence electrons. The van der Waals surface area contributed by atoms with Crippen molar-refractivity contribution in [1.82, 2.24) is 10.2 Å². The zero-order valence-corrected chi connectivity index (χ0v) is 11.4. The number of aliphatic carboxylic acids is 1. The molecular weight excluding hydrogens is 264 g/mol. The summed E-state index contributed by atoms with van der Waals surface area (Å²) in [5.41, 5.74) is 0. The molecule has 2 rings (SSSR count). The number of carboxylic acid groups (broad SMARTS) is 1. The van der Waals surface area contributed by atoms with Crippen molar-refractivity contribution in [2.24, 2.45) is 11.8 Å². The van der Waals surface area contributed by atoms with Gasteiger partial charge in [0.05, 0.1) is 6.10 Å². The zero-order chi connectivity index (χ0) is 14.9. The fraction of sp³-hybridized carbons (Fsp3) is 0.769. The number of carbonyl (C=O) groups excluding carboxylic acids is 2. The molecule has 1 saturated carbocycles.